The van der Waals surface area contributed by atoms with Crippen LogP contribution in [0.1, 0.15) is 22.7 Å². The van der Waals surface area contributed by atoms with Crippen LogP contribution in [0.3, 0.4) is 0 Å². The smallest absolute Gasteiger partial charge is 0.301 e. The molecule has 2 aromatic carbocycles. The van der Waals surface area contributed by atoms with Gasteiger partial charge in [-0.15, -0.1) is 11.3 Å². The zero-order valence-electron chi connectivity index (χ0n) is 17.0. The number of nitrogens with zero attached hydrogens (tertiary/aromatic N) is 3. The molecule has 0 radical (unpaired) electrons. The maximum atomic E-state index is 13.0. The van der Waals surface area contributed by atoms with Gasteiger partial charge in [0.05, 0.1) is 23.6 Å². The Morgan fingerprint density at radius 1 is 1.25 bits per heavy atom. The maximum Gasteiger partial charge on any atom is 0.301 e. The Morgan fingerprint density at radius 3 is 2.66 bits per heavy atom. The molecule has 1 fully saturated rings. The molecule has 1 atom stereocenters. The predicted molar refractivity (Wildman–Crippen MR) is 118 cm³/mol. The van der Waals surface area contributed by atoms with Gasteiger partial charge in [-0.1, -0.05) is 12.1 Å². The third kappa shape index (κ3) is 3.50. The second-order valence-corrected chi connectivity index (χ2v) is 7.89. The number of aromatic nitrogens is 1. The number of carbonyl (C=O) groups is 2. The molecule has 0 unspecified atom stereocenters. The second-order valence-electron chi connectivity index (χ2n) is 7.02. The molecule has 2 heterocycles. The van der Waals surface area contributed by atoms with Gasteiger partial charge in [0.25, 0.3) is 11.5 Å². The predicted octanol–water partition coefficient (Wildman–Crippen LogP) is 3.99. The first-order valence-corrected chi connectivity index (χ1v) is 10.3. The Morgan fingerprint density at radius 2 is 2.03 bits per heavy atom. The van der Waals surface area contributed by atoms with E-state index in [1.54, 1.807) is 36.6 Å². The minimum Gasteiger partial charge on any atom is -0.507 e. The van der Waals surface area contributed by atoms with Gasteiger partial charge in [-0.3, -0.25) is 24.6 Å². The van der Waals surface area contributed by atoms with Gasteiger partial charge in [0.2, 0.25) is 0 Å². The molecule has 0 aliphatic carbocycles. The van der Waals surface area contributed by atoms with E-state index < -0.39 is 22.7 Å². The number of amides is 1. The van der Waals surface area contributed by atoms with Crippen LogP contribution in [0.4, 0.5) is 10.8 Å². The highest BCUT2D eigenvalue weighted by Gasteiger charge is 2.48. The van der Waals surface area contributed by atoms with Crippen LogP contribution in [0.2, 0.25) is 0 Å². The summed E-state index contributed by atoms with van der Waals surface area (Å²) in [6.07, 6.45) is 1.48. The van der Waals surface area contributed by atoms with Gasteiger partial charge in [-0.2, -0.15) is 0 Å². The Balaban J connectivity index is 1.95. The number of ether oxygens (including phenoxy) is 1. The van der Waals surface area contributed by atoms with Crippen molar-refractivity contribution in [3.8, 4) is 5.75 Å². The molecule has 0 saturated carbocycles. The molecule has 1 aliphatic heterocycles. The molecule has 3 aromatic rings. The lowest BCUT2D eigenvalue weighted by molar-refractivity contribution is -0.384. The van der Waals surface area contributed by atoms with Crippen LogP contribution in [-0.4, -0.2) is 33.8 Å². The monoisotopic (exact) mass is 451 g/mol. The number of non-ortho nitro benzene ring substituents is 1. The normalized spacial score (nSPS) is 17.6. The van der Waals surface area contributed by atoms with Crippen LogP contribution in [0, 0.1) is 17.0 Å². The highest BCUT2D eigenvalue weighted by atomic mass is 32.1. The van der Waals surface area contributed by atoms with Crippen molar-refractivity contribution in [2.45, 2.75) is 13.0 Å². The van der Waals surface area contributed by atoms with Crippen LogP contribution >= 0.6 is 11.3 Å². The number of methoxy groups -OCH3 is 1. The molecule has 1 aliphatic rings. The van der Waals surface area contributed by atoms with Gasteiger partial charge in [0.1, 0.15) is 11.5 Å². The number of ketones is 1. The summed E-state index contributed by atoms with van der Waals surface area (Å²) in [5, 5.41) is 24.3. The van der Waals surface area contributed by atoms with Gasteiger partial charge in [-0.05, 0) is 36.2 Å². The third-order valence-corrected chi connectivity index (χ3v) is 5.91. The Labute approximate surface area is 186 Å². The number of rotatable bonds is 5. The molecule has 0 spiro atoms. The minimum atomic E-state index is -1.08. The summed E-state index contributed by atoms with van der Waals surface area (Å²) in [5.74, 6) is -1.56. The highest BCUT2D eigenvalue weighted by molar-refractivity contribution is 7.14. The minimum absolute atomic E-state index is 0.171. The molecule has 1 aromatic heterocycles. The molecule has 9 nitrogen and oxygen atoms in total. The summed E-state index contributed by atoms with van der Waals surface area (Å²) in [4.78, 5) is 42.1. The van der Waals surface area contributed by atoms with E-state index in [0.717, 1.165) is 21.8 Å². The van der Waals surface area contributed by atoms with Gasteiger partial charge >= 0.3 is 5.91 Å². The van der Waals surface area contributed by atoms with Crippen LogP contribution < -0.4 is 9.64 Å². The number of anilines is 1. The topological polar surface area (TPSA) is 123 Å². The summed E-state index contributed by atoms with van der Waals surface area (Å²) in [7, 11) is 1.52. The number of hydrogen-bond donors (Lipinski definition) is 1. The van der Waals surface area contributed by atoms with Crippen molar-refractivity contribution in [1.82, 2.24) is 4.98 Å². The third-order valence-electron chi connectivity index (χ3n) is 5.13. The zero-order valence-corrected chi connectivity index (χ0v) is 17.8. The van der Waals surface area contributed by atoms with E-state index in [1.807, 2.05) is 0 Å². The number of aryl methyl sites for hydroxylation is 1. The van der Waals surface area contributed by atoms with Gasteiger partial charge in [0.15, 0.2) is 5.13 Å². The molecule has 1 N–H and O–H groups in total. The summed E-state index contributed by atoms with van der Waals surface area (Å²) in [5.41, 5.74) is 0.969. The number of nitro benzene ring substituents is 1. The summed E-state index contributed by atoms with van der Waals surface area (Å²) >= 11 is 1.14. The van der Waals surface area contributed by atoms with E-state index in [1.165, 1.54) is 31.5 Å². The zero-order chi connectivity index (χ0) is 23.0. The fourth-order valence-corrected chi connectivity index (χ4v) is 4.34. The number of Topliss-reactive ketones (excluding diaryl/α,β-unsaturated/α-hetero) is 1. The van der Waals surface area contributed by atoms with E-state index in [-0.39, 0.29) is 22.2 Å². The van der Waals surface area contributed by atoms with Crippen LogP contribution in [0.25, 0.3) is 5.76 Å². The molecule has 0 bridgehead atoms. The van der Waals surface area contributed by atoms with E-state index >= 15 is 0 Å². The van der Waals surface area contributed by atoms with E-state index in [9.17, 15) is 24.8 Å². The second kappa shape index (κ2) is 8.23. The van der Waals surface area contributed by atoms with Crippen molar-refractivity contribution in [2.24, 2.45) is 0 Å². The standard InChI is InChI=1S/C22H17N3O6S/c1-12-10-14(6-7-16(12)31-2)19(26)17-18(13-4-3-5-15(11-13)25(29)30)24(21(28)20(17)27)22-23-8-9-32-22/h3-11,18,26H,1-2H3/t18-/m1/s1. The Hall–Kier alpha value is -4.05. The first kappa shape index (κ1) is 21.2. The lowest BCUT2D eigenvalue weighted by Crippen LogP contribution is -2.29. The molecular formula is C22H17N3O6S. The number of benzene rings is 2. The van der Waals surface area contributed by atoms with Crippen LogP contribution in [0.15, 0.2) is 59.6 Å². The number of nitro groups is 1. The van der Waals surface area contributed by atoms with Gasteiger partial charge < -0.3 is 9.84 Å². The quantitative estimate of drug-likeness (QED) is 0.204. The molecule has 10 heteroatoms. The molecule has 32 heavy (non-hydrogen) atoms. The Kier molecular flexibility index (Phi) is 5.45. The average molecular weight is 451 g/mol. The Bertz CT molecular complexity index is 1270. The average Bonchev–Trinajstić information content (AvgIpc) is 3.40. The van der Waals surface area contributed by atoms with E-state index in [4.69, 9.17) is 4.74 Å². The van der Waals surface area contributed by atoms with Crippen molar-refractivity contribution in [2.75, 3.05) is 12.0 Å². The molecular weight excluding hydrogens is 434 g/mol. The van der Waals surface area contributed by atoms with Crippen molar-refractivity contribution in [3.05, 3.63) is 86.4 Å². The summed E-state index contributed by atoms with van der Waals surface area (Å²) < 4.78 is 5.24. The number of hydrogen-bond acceptors (Lipinski definition) is 8. The maximum absolute atomic E-state index is 13.0. The van der Waals surface area contributed by atoms with Crippen LogP contribution in [-0.2, 0) is 9.59 Å². The number of carbonyl (C=O) groups excluding carboxylic acids is 2. The summed E-state index contributed by atoms with van der Waals surface area (Å²) in [6.45, 7) is 1.78. The largest absolute Gasteiger partial charge is 0.507 e. The fraction of sp³-hybridized carbons (Fsp3) is 0.136. The molecule has 1 saturated heterocycles. The SMILES string of the molecule is COc1ccc(C(O)=C2C(=O)C(=O)N(c3nccs3)[C@@H]2c2cccc([N+](=O)[O-])c2)cc1C. The number of thiazole rings is 1. The van der Waals surface area contributed by atoms with E-state index in [0.29, 0.717) is 16.9 Å². The molecule has 162 valence electrons. The number of aliphatic hydroxyl groups excluding tert-OH is 1. The van der Waals surface area contributed by atoms with Crippen molar-refractivity contribution in [1.29, 1.82) is 0 Å². The van der Waals surface area contributed by atoms with Gasteiger partial charge in [0, 0.05) is 29.3 Å². The highest BCUT2D eigenvalue weighted by Crippen LogP contribution is 2.43. The first-order chi connectivity index (χ1) is 15.3. The fourth-order valence-electron chi connectivity index (χ4n) is 3.67. The van der Waals surface area contributed by atoms with Crippen molar-refractivity contribution < 1.29 is 24.4 Å². The molecule has 1 amide bonds. The van der Waals surface area contributed by atoms with Crippen molar-refractivity contribution >= 4 is 39.6 Å². The lowest BCUT2D eigenvalue weighted by Gasteiger charge is -2.22. The summed E-state index contributed by atoms with van der Waals surface area (Å²) in [6, 6.07) is 9.39. The lowest BCUT2D eigenvalue weighted by atomic mass is 9.94. The number of aliphatic hydroxyl groups is 1. The van der Waals surface area contributed by atoms with Crippen LogP contribution in [0.5, 0.6) is 5.75 Å². The van der Waals surface area contributed by atoms with Gasteiger partial charge in [-0.25, -0.2) is 4.98 Å². The van der Waals surface area contributed by atoms with Crippen molar-refractivity contribution in [3.63, 3.8) is 0 Å². The first-order valence-electron chi connectivity index (χ1n) is 9.43. The van der Waals surface area contributed by atoms with E-state index in [2.05, 4.69) is 4.98 Å². The molecule has 4 rings (SSSR count).